The van der Waals surface area contributed by atoms with Gasteiger partial charge >= 0.3 is 5.97 Å². The van der Waals surface area contributed by atoms with Gasteiger partial charge < -0.3 is 77.7 Å². The number of fused-ring (bicyclic) bond motifs is 3. The van der Waals surface area contributed by atoms with Crippen LogP contribution in [0.5, 0.6) is 0 Å². The first-order valence-corrected chi connectivity index (χ1v) is 23.6. The summed E-state index contributed by atoms with van der Waals surface area (Å²) in [6.45, 7) is 4.26. The van der Waals surface area contributed by atoms with E-state index in [0.29, 0.717) is 37.3 Å². The second kappa shape index (κ2) is 32.5. The summed E-state index contributed by atoms with van der Waals surface area (Å²) in [4.78, 5) is 105. The Hall–Kier alpha value is -6.19. The number of nitrogens with two attached hydrogens (primary N) is 3. The zero-order valence-corrected chi connectivity index (χ0v) is 39.7. The molecule has 69 heavy (non-hydrogen) atoms. The Labute approximate surface area is 403 Å². The summed E-state index contributed by atoms with van der Waals surface area (Å²) in [5.74, 6) is -3.94. The lowest BCUT2D eigenvalue weighted by atomic mass is 10.2. The lowest BCUT2D eigenvalue weighted by Gasteiger charge is -2.19. The Balaban J connectivity index is 1.21. The number of hydrogen-bond donors (Lipinski definition) is 10. The van der Waals surface area contributed by atoms with Crippen LogP contribution in [0.2, 0.25) is 0 Å². The third-order valence-corrected chi connectivity index (χ3v) is 11.1. The molecule has 0 aliphatic heterocycles. The number of aryl methyl sites for hydroxylation is 2. The van der Waals surface area contributed by atoms with Crippen LogP contribution in [0.15, 0.2) is 24.3 Å². The number of rotatable bonds is 37. The van der Waals surface area contributed by atoms with Gasteiger partial charge in [-0.1, -0.05) is 25.1 Å². The number of carbonyl (C=O) groups is 8. The Bertz CT molecular complexity index is 2160. The molecule has 0 fully saturated rings. The molecule has 2 heterocycles. The fourth-order valence-electron chi connectivity index (χ4n) is 6.34. The first kappa shape index (κ1) is 57.1. The number of para-hydroxylation sites is 1. The maximum Gasteiger partial charge on any atom is 0.305 e. The highest BCUT2D eigenvalue weighted by molar-refractivity contribution is 8.00. The predicted molar refractivity (Wildman–Crippen MR) is 254 cm³/mol. The van der Waals surface area contributed by atoms with Crippen molar-refractivity contribution in [2.45, 2.75) is 63.3 Å². The van der Waals surface area contributed by atoms with Crippen molar-refractivity contribution >= 4 is 86.8 Å². The Morgan fingerprint density at radius 1 is 0.725 bits per heavy atom. The highest BCUT2D eigenvalue weighted by Gasteiger charge is 2.26. The van der Waals surface area contributed by atoms with Crippen LogP contribution in [0.4, 0.5) is 5.82 Å². The first-order valence-electron chi connectivity index (χ1n) is 22.5. The molecule has 13 N–H and O–H groups in total. The van der Waals surface area contributed by atoms with E-state index in [-0.39, 0.29) is 110 Å². The number of nitrogens with zero attached hydrogens (tertiary/aromatic N) is 3. The summed E-state index contributed by atoms with van der Waals surface area (Å²) < 4.78 is 23.8. The quantitative estimate of drug-likeness (QED) is 0.0266. The molecule has 0 radical (unpaired) electrons. The summed E-state index contributed by atoms with van der Waals surface area (Å²) in [6, 6.07) is 6.57. The number of thioether (sulfide) groups is 1. The maximum absolute atomic E-state index is 12.9. The maximum atomic E-state index is 12.9. The van der Waals surface area contributed by atoms with Crippen LogP contribution in [-0.4, -0.2) is 176 Å². The van der Waals surface area contributed by atoms with Gasteiger partial charge in [-0.05, 0) is 18.9 Å². The van der Waals surface area contributed by atoms with Gasteiger partial charge in [-0.25, -0.2) is 9.97 Å². The van der Waals surface area contributed by atoms with Gasteiger partial charge in [0.15, 0.2) is 5.82 Å². The number of anilines is 1. The van der Waals surface area contributed by atoms with Gasteiger partial charge in [0.1, 0.15) is 17.4 Å². The molecule has 2 atom stereocenters. The molecule has 3 rings (SSSR count). The fourth-order valence-corrected chi connectivity index (χ4v) is 7.51. The number of hydrogen-bond acceptors (Lipinski definition) is 17. The average Bonchev–Trinajstić information content (AvgIpc) is 3.71. The Morgan fingerprint density at radius 2 is 1.35 bits per heavy atom. The van der Waals surface area contributed by atoms with Crippen molar-refractivity contribution in [1.82, 2.24) is 46.4 Å². The van der Waals surface area contributed by atoms with Crippen molar-refractivity contribution in [2.24, 2.45) is 11.5 Å². The Kier molecular flexibility index (Phi) is 26.9. The van der Waals surface area contributed by atoms with E-state index in [0.717, 1.165) is 40.4 Å². The topological polar surface area (TPSA) is 375 Å². The number of pyridine rings is 1. The molecular formula is C43H66N12O13S. The van der Waals surface area contributed by atoms with Crippen LogP contribution in [0.3, 0.4) is 0 Å². The van der Waals surface area contributed by atoms with E-state index < -0.39 is 59.1 Å². The highest BCUT2D eigenvalue weighted by atomic mass is 32.2. The van der Waals surface area contributed by atoms with E-state index in [2.05, 4.69) is 41.5 Å². The number of nitrogen functional groups attached to an aromatic ring is 1. The number of primary amides is 1. The van der Waals surface area contributed by atoms with Gasteiger partial charge in [0.05, 0.1) is 95.2 Å². The molecule has 25 nitrogen and oxygen atoms in total. The van der Waals surface area contributed by atoms with Gasteiger partial charge in [0.25, 0.3) is 0 Å². The van der Waals surface area contributed by atoms with Crippen LogP contribution >= 0.6 is 11.8 Å². The molecule has 0 saturated heterocycles. The predicted octanol–water partition coefficient (Wildman–Crippen LogP) is -2.56. The molecule has 2 aromatic heterocycles. The molecule has 0 spiro atoms. The van der Waals surface area contributed by atoms with Crippen molar-refractivity contribution in [3.63, 3.8) is 0 Å². The number of nitrogens with one attached hydrogen (secondary N) is 6. The van der Waals surface area contributed by atoms with Gasteiger partial charge in [0, 0.05) is 56.6 Å². The number of unbranched alkanes of at least 4 members (excludes halogenated alkanes) is 1. The summed E-state index contributed by atoms with van der Waals surface area (Å²) in [5.41, 5.74) is 19.2. The minimum Gasteiger partial charge on any atom is -0.481 e. The zero-order valence-electron chi connectivity index (χ0n) is 38.8. The third kappa shape index (κ3) is 22.2. The van der Waals surface area contributed by atoms with Crippen molar-refractivity contribution in [3.05, 3.63) is 30.1 Å². The van der Waals surface area contributed by atoms with Crippen LogP contribution < -0.4 is 49.1 Å². The summed E-state index contributed by atoms with van der Waals surface area (Å²) in [5, 5.41) is 24.4. The fraction of sp³-hybridized carbons (Fsp3) is 0.581. The van der Waals surface area contributed by atoms with E-state index in [1.54, 1.807) is 0 Å². The van der Waals surface area contributed by atoms with Crippen molar-refractivity contribution in [2.75, 3.05) is 104 Å². The van der Waals surface area contributed by atoms with Crippen molar-refractivity contribution in [1.29, 1.82) is 0 Å². The number of amides is 7. The van der Waals surface area contributed by atoms with E-state index in [1.807, 2.05) is 31.2 Å². The second-order valence-corrected chi connectivity index (χ2v) is 16.3. The number of benzene rings is 1. The minimum atomic E-state index is -1.25. The highest BCUT2D eigenvalue weighted by Crippen LogP contribution is 2.29. The number of carbonyl (C=O) groups excluding carboxylic acids is 7. The van der Waals surface area contributed by atoms with Crippen molar-refractivity contribution in [3.8, 4) is 0 Å². The number of imidazole rings is 1. The zero-order chi connectivity index (χ0) is 50.4. The van der Waals surface area contributed by atoms with E-state index in [4.69, 9.17) is 41.1 Å². The molecule has 382 valence electrons. The largest absolute Gasteiger partial charge is 0.481 e. The van der Waals surface area contributed by atoms with Crippen LogP contribution in [0.1, 0.15) is 44.9 Å². The van der Waals surface area contributed by atoms with E-state index in [1.165, 1.54) is 0 Å². The molecule has 1 aromatic carbocycles. The van der Waals surface area contributed by atoms with Crippen molar-refractivity contribution < 1.29 is 62.4 Å². The van der Waals surface area contributed by atoms with E-state index >= 15 is 0 Å². The standard InChI is InChI=1S/C43H66N12O13S/c1-2-32-54-39-40(28-7-3-4-8-29(28)53-41(39)45)55(32)14-6-5-11-47-33(56)9-12-49-43(64)31(23-38(61)62)69-27-30(42(46)63)52-34(57)10-15-65-17-19-67-21-22-68-20-18-66-16-13-48-36(59)25-51-37(60)26-50-35(58)24-44/h3-4,7-8,30-31H,2,5-6,9-27,44H2,1H3,(H2,45,53)(H2,46,63)(H,47,56)(H,48,59)(H,49,64)(H,50,58)(H,51,60)(H,52,57)(H,61,62). The molecule has 0 aliphatic rings. The van der Waals surface area contributed by atoms with E-state index in [9.17, 15) is 43.5 Å². The van der Waals surface area contributed by atoms with Crippen LogP contribution in [-0.2, 0) is 70.3 Å². The SMILES string of the molecule is CCc1nc2c(N)nc3ccccc3c2n1CCCCNC(=O)CCNC(=O)C(CC(=O)O)SCC(NC(=O)CCOCCOCCOCCOCCNC(=O)CNC(=O)CNC(=O)CN)C(N)=O. The summed E-state index contributed by atoms with van der Waals surface area (Å²) in [6.07, 6.45) is 1.42. The third-order valence-electron chi connectivity index (χ3n) is 9.82. The molecule has 26 heteroatoms. The molecule has 7 amide bonds. The number of carboxylic acids is 1. The number of ether oxygens (including phenoxy) is 4. The monoisotopic (exact) mass is 990 g/mol. The molecular weight excluding hydrogens is 925 g/mol. The molecule has 2 unspecified atom stereocenters. The number of aliphatic carboxylic acids is 1. The first-order chi connectivity index (χ1) is 33.2. The average molecular weight is 991 g/mol. The normalized spacial score (nSPS) is 12.0. The summed E-state index contributed by atoms with van der Waals surface area (Å²) in [7, 11) is 0. The van der Waals surface area contributed by atoms with Crippen LogP contribution in [0.25, 0.3) is 21.9 Å². The lowest BCUT2D eigenvalue weighted by Crippen LogP contribution is -2.47. The van der Waals surface area contributed by atoms with Gasteiger partial charge in [-0.2, -0.15) is 0 Å². The van der Waals surface area contributed by atoms with Gasteiger partial charge in [-0.3, -0.25) is 38.4 Å². The summed E-state index contributed by atoms with van der Waals surface area (Å²) >= 11 is 0.845. The van der Waals surface area contributed by atoms with Crippen LogP contribution in [0, 0.1) is 0 Å². The smallest absolute Gasteiger partial charge is 0.305 e. The molecule has 0 aliphatic carbocycles. The number of aromatic nitrogens is 3. The minimum absolute atomic E-state index is 0.0116. The van der Waals surface area contributed by atoms with Gasteiger partial charge in [-0.15, -0.1) is 11.8 Å². The number of carboxylic acid groups (broad SMARTS) is 1. The molecule has 0 bridgehead atoms. The molecule has 3 aromatic rings. The van der Waals surface area contributed by atoms with Gasteiger partial charge in [0.2, 0.25) is 41.4 Å². The molecule has 0 saturated carbocycles. The Morgan fingerprint density at radius 3 is 2.00 bits per heavy atom. The second-order valence-electron chi connectivity index (χ2n) is 15.1. The lowest BCUT2D eigenvalue weighted by molar-refractivity contribution is -0.138.